The Labute approximate surface area is 137 Å². The van der Waals surface area contributed by atoms with Gasteiger partial charge in [-0.2, -0.15) is 0 Å². The van der Waals surface area contributed by atoms with Crippen LogP contribution in [0.25, 0.3) is 0 Å². The molecule has 0 amide bonds. The van der Waals surface area contributed by atoms with E-state index in [2.05, 4.69) is 13.0 Å². The van der Waals surface area contributed by atoms with Gasteiger partial charge < -0.3 is 4.74 Å². The second-order valence-corrected chi connectivity index (χ2v) is 6.91. The second kappa shape index (κ2) is 12.7. The third-order valence-corrected chi connectivity index (χ3v) is 4.50. The Balaban J connectivity index is 2.52. The van der Waals surface area contributed by atoms with Gasteiger partial charge in [-0.05, 0) is 31.3 Å². The van der Waals surface area contributed by atoms with Crippen molar-refractivity contribution in [3.8, 4) is 0 Å². The first-order chi connectivity index (χ1) is 10.7. The molecule has 2 nitrogen and oxygen atoms in total. The topological polar surface area (TPSA) is 26.3 Å². The van der Waals surface area contributed by atoms with Crippen LogP contribution in [0, 0.1) is 5.92 Å². The number of carbonyl (C=O) groups excluding carboxylic acids is 1. The molecule has 0 aromatic heterocycles. The zero-order valence-corrected chi connectivity index (χ0v) is 14.9. The van der Waals surface area contributed by atoms with Crippen molar-refractivity contribution in [3.05, 3.63) is 11.8 Å². The highest BCUT2D eigenvalue weighted by molar-refractivity contribution is 5.70. The van der Waals surface area contributed by atoms with Gasteiger partial charge in [0, 0.05) is 12.8 Å². The average Bonchev–Trinajstić information content (AvgIpc) is 2.48. The number of hydrogen-bond acceptors (Lipinski definition) is 2. The van der Waals surface area contributed by atoms with Crippen LogP contribution in [-0.2, 0) is 9.53 Å². The van der Waals surface area contributed by atoms with Crippen molar-refractivity contribution in [1.82, 2.24) is 0 Å². The molecule has 0 fully saturated rings. The highest BCUT2D eigenvalue weighted by Gasteiger charge is 2.09. The van der Waals surface area contributed by atoms with Gasteiger partial charge in [-0.3, -0.25) is 4.79 Å². The third kappa shape index (κ3) is 10.0. The lowest BCUT2D eigenvalue weighted by Crippen LogP contribution is -2.05. The van der Waals surface area contributed by atoms with E-state index in [1.165, 1.54) is 64.2 Å². The SMILES string of the molecule is CCCC(=O)O/C1=C\C(C)CCCCCCCCCCCC1. The number of allylic oxidation sites excluding steroid dienone is 2. The predicted molar refractivity (Wildman–Crippen MR) is 93.7 cm³/mol. The molecule has 2 heteroatoms. The van der Waals surface area contributed by atoms with Gasteiger partial charge in [-0.25, -0.2) is 0 Å². The Bertz CT molecular complexity index is 320. The number of esters is 1. The van der Waals surface area contributed by atoms with Crippen LogP contribution in [-0.4, -0.2) is 5.97 Å². The summed E-state index contributed by atoms with van der Waals surface area (Å²) < 4.78 is 5.61. The van der Waals surface area contributed by atoms with Crippen molar-refractivity contribution in [3.63, 3.8) is 0 Å². The quantitative estimate of drug-likeness (QED) is 0.553. The van der Waals surface area contributed by atoms with Crippen LogP contribution in [0.1, 0.15) is 104 Å². The molecule has 0 aromatic rings. The number of hydrogen-bond donors (Lipinski definition) is 0. The van der Waals surface area contributed by atoms with Crippen LogP contribution in [0.2, 0.25) is 0 Å². The largest absolute Gasteiger partial charge is 0.431 e. The second-order valence-electron chi connectivity index (χ2n) is 6.91. The maximum absolute atomic E-state index is 11.8. The number of rotatable bonds is 3. The molecule has 1 aliphatic rings. The third-order valence-electron chi connectivity index (χ3n) is 4.50. The van der Waals surface area contributed by atoms with Gasteiger partial charge in [0.1, 0.15) is 5.76 Å². The minimum Gasteiger partial charge on any atom is -0.431 e. The molecule has 1 atom stereocenters. The Kier molecular flexibility index (Phi) is 11.1. The van der Waals surface area contributed by atoms with Gasteiger partial charge in [0.05, 0.1) is 0 Å². The highest BCUT2D eigenvalue weighted by atomic mass is 16.5. The molecule has 1 unspecified atom stereocenters. The van der Waals surface area contributed by atoms with E-state index in [0.717, 1.165) is 25.0 Å². The zero-order chi connectivity index (χ0) is 16.0. The number of ether oxygens (including phenoxy) is 1. The normalized spacial score (nSPS) is 25.4. The molecule has 1 aliphatic carbocycles. The minimum absolute atomic E-state index is 0.0566. The van der Waals surface area contributed by atoms with Crippen molar-refractivity contribution in [1.29, 1.82) is 0 Å². The Morgan fingerprint density at radius 1 is 1.00 bits per heavy atom. The van der Waals surface area contributed by atoms with Crippen molar-refractivity contribution >= 4 is 5.97 Å². The first-order valence-corrected chi connectivity index (χ1v) is 9.63. The van der Waals surface area contributed by atoms with E-state index in [-0.39, 0.29) is 5.97 Å². The molecule has 22 heavy (non-hydrogen) atoms. The molecule has 0 aromatic carbocycles. The fraction of sp³-hybridized carbons (Fsp3) is 0.850. The van der Waals surface area contributed by atoms with E-state index in [1.807, 2.05) is 6.92 Å². The van der Waals surface area contributed by atoms with Crippen molar-refractivity contribution < 1.29 is 9.53 Å². The van der Waals surface area contributed by atoms with E-state index in [4.69, 9.17) is 4.74 Å². The fourth-order valence-electron chi connectivity index (χ4n) is 3.15. The monoisotopic (exact) mass is 308 g/mol. The zero-order valence-electron chi connectivity index (χ0n) is 14.9. The van der Waals surface area contributed by atoms with Gasteiger partial charge in [-0.15, -0.1) is 0 Å². The maximum atomic E-state index is 11.8. The van der Waals surface area contributed by atoms with Crippen LogP contribution in [0.3, 0.4) is 0 Å². The van der Waals surface area contributed by atoms with Crippen molar-refractivity contribution in [2.75, 3.05) is 0 Å². The summed E-state index contributed by atoms with van der Waals surface area (Å²) in [7, 11) is 0. The molecular formula is C20H36O2. The number of carbonyl (C=O) groups is 1. The molecule has 0 N–H and O–H groups in total. The Morgan fingerprint density at radius 3 is 2.14 bits per heavy atom. The molecule has 0 spiro atoms. The summed E-state index contributed by atoms with van der Waals surface area (Å²) in [4.78, 5) is 11.8. The van der Waals surface area contributed by atoms with E-state index >= 15 is 0 Å². The Hall–Kier alpha value is -0.790. The van der Waals surface area contributed by atoms with Crippen molar-refractivity contribution in [2.24, 2.45) is 5.92 Å². The molecule has 0 heterocycles. The van der Waals surface area contributed by atoms with Crippen LogP contribution in [0.5, 0.6) is 0 Å². The molecule has 0 radical (unpaired) electrons. The fourth-order valence-corrected chi connectivity index (χ4v) is 3.15. The van der Waals surface area contributed by atoms with Crippen molar-refractivity contribution in [2.45, 2.75) is 104 Å². The van der Waals surface area contributed by atoms with Crippen LogP contribution in [0.15, 0.2) is 11.8 Å². The van der Waals surface area contributed by atoms with Gasteiger partial charge in [-0.1, -0.05) is 71.6 Å². The summed E-state index contributed by atoms with van der Waals surface area (Å²) >= 11 is 0. The van der Waals surface area contributed by atoms with E-state index in [0.29, 0.717) is 12.3 Å². The summed E-state index contributed by atoms with van der Waals surface area (Å²) in [5, 5.41) is 0. The Morgan fingerprint density at radius 2 is 1.55 bits per heavy atom. The van der Waals surface area contributed by atoms with Crippen LogP contribution >= 0.6 is 0 Å². The summed E-state index contributed by atoms with van der Waals surface area (Å²) in [5.41, 5.74) is 0. The van der Waals surface area contributed by atoms with Crippen LogP contribution < -0.4 is 0 Å². The average molecular weight is 309 g/mol. The van der Waals surface area contributed by atoms with Gasteiger partial charge in [0.25, 0.3) is 0 Å². The summed E-state index contributed by atoms with van der Waals surface area (Å²) in [6, 6.07) is 0. The molecular weight excluding hydrogens is 272 g/mol. The highest BCUT2D eigenvalue weighted by Crippen LogP contribution is 2.20. The molecule has 0 saturated heterocycles. The standard InChI is InChI=1S/C20H36O2/c1-3-14-20(21)22-19-16-13-11-9-7-5-4-6-8-10-12-15-18(2)17-19/h17-18H,3-16H2,1-2H3/b19-17-. The lowest BCUT2D eigenvalue weighted by atomic mass is 10.0. The summed E-state index contributed by atoms with van der Waals surface area (Å²) in [6.07, 6.45) is 19.1. The van der Waals surface area contributed by atoms with E-state index < -0.39 is 0 Å². The molecule has 1 rings (SSSR count). The van der Waals surface area contributed by atoms with Gasteiger partial charge >= 0.3 is 5.97 Å². The predicted octanol–water partition coefficient (Wildman–Crippen LogP) is 6.54. The smallest absolute Gasteiger partial charge is 0.310 e. The van der Waals surface area contributed by atoms with E-state index in [9.17, 15) is 4.79 Å². The molecule has 0 saturated carbocycles. The van der Waals surface area contributed by atoms with E-state index in [1.54, 1.807) is 0 Å². The van der Waals surface area contributed by atoms with Gasteiger partial charge in [0.15, 0.2) is 0 Å². The first-order valence-electron chi connectivity index (χ1n) is 9.63. The molecule has 128 valence electrons. The maximum Gasteiger partial charge on any atom is 0.310 e. The van der Waals surface area contributed by atoms with Crippen LogP contribution in [0.4, 0.5) is 0 Å². The summed E-state index contributed by atoms with van der Waals surface area (Å²) in [5.74, 6) is 1.40. The molecule has 0 aliphatic heterocycles. The first kappa shape index (κ1) is 19.3. The summed E-state index contributed by atoms with van der Waals surface area (Å²) in [6.45, 7) is 4.28. The minimum atomic E-state index is -0.0566. The van der Waals surface area contributed by atoms with Gasteiger partial charge in [0.2, 0.25) is 0 Å². The molecule has 0 bridgehead atoms. The lowest BCUT2D eigenvalue weighted by Gasteiger charge is -2.12. The lowest BCUT2D eigenvalue weighted by molar-refractivity contribution is -0.139.